The first-order valence-electron chi connectivity index (χ1n) is 5.90. The van der Waals surface area contributed by atoms with Gasteiger partial charge in [-0.15, -0.1) is 0 Å². The molecule has 7 heteroatoms. The SMILES string of the molecule is CCC(CCO)NS(=O)(=O)c1cc(F)c(C)cc1F. The lowest BCUT2D eigenvalue weighted by atomic mass is 10.2. The minimum absolute atomic E-state index is 0.0406. The van der Waals surface area contributed by atoms with Crippen molar-refractivity contribution in [2.75, 3.05) is 6.61 Å². The molecule has 0 bridgehead atoms. The summed E-state index contributed by atoms with van der Waals surface area (Å²) in [6, 6.07) is 0.994. The fourth-order valence-electron chi connectivity index (χ4n) is 1.62. The van der Waals surface area contributed by atoms with Crippen molar-refractivity contribution in [3.8, 4) is 0 Å². The highest BCUT2D eigenvalue weighted by Crippen LogP contribution is 2.19. The van der Waals surface area contributed by atoms with Gasteiger partial charge in [0.2, 0.25) is 10.0 Å². The van der Waals surface area contributed by atoms with E-state index in [1.807, 2.05) is 0 Å². The number of hydrogen-bond donors (Lipinski definition) is 2. The van der Waals surface area contributed by atoms with Crippen molar-refractivity contribution in [2.24, 2.45) is 0 Å². The lowest BCUT2D eigenvalue weighted by Crippen LogP contribution is -2.35. The molecule has 108 valence electrons. The van der Waals surface area contributed by atoms with Gasteiger partial charge < -0.3 is 5.11 Å². The third kappa shape index (κ3) is 3.95. The topological polar surface area (TPSA) is 66.4 Å². The normalized spacial score (nSPS) is 13.5. The maximum atomic E-state index is 13.6. The van der Waals surface area contributed by atoms with Crippen LogP contribution in [-0.4, -0.2) is 26.2 Å². The van der Waals surface area contributed by atoms with Gasteiger partial charge in [-0.3, -0.25) is 0 Å². The maximum Gasteiger partial charge on any atom is 0.243 e. The van der Waals surface area contributed by atoms with Crippen molar-refractivity contribution < 1.29 is 22.3 Å². The highest BCUT2D eigenvalue weighted by molar-refractivity contribution is 7.89. The summed E-state index contributed by atoms with van der Waals surface area (Å²) in [6.45, 7) is 2.89. The number of aliphatic hydroxyl groups excluding tert-OH is 1. The largest absolute Gasteiger partial charge is 0.396 e. The van der Waals surface area contributed by atoms with Crippen LogP contribution in [0.3, 0.4) is 0 Å². The van der Waals surface area contributed by atoms with Crippen LogP contribution in [0.4, 0.5) is 8.78 Å². The quantitative estimate of drug-likeness (QED) is 0.839. The number of benzene rings is 1. The second-order valence-electron chi connectivity index (χ2n) is 4.27. The van der Waals surface area contributed by atoms with Crippen LogP contribution in [0, 0.1) is 18.6 Å². The van der Waals surface area contributed by atoms with Gasteiger partial charge in [-0.05, 0) is 37.5 Å². The van der Waals surface area contributed by atoms with Crippen LogP contribution < -0.4 is 4.72 Å². The zero-order valence-electron chi connectivity index (χ0n) is 10.8. The summed E-state index contributed by atoms with van der Waals surface area (Å²) in [5.41, 5.74) is 0.0406. The number of halogens is 2. The van der Waals surface area contributed by atoms with Crippen LogP contribution >= 0.6 is 0 Å². The zero-order valence-corrected chi connectivity index (χ0v) is 11.6. The molecule has 0 saturated carbocycles. The van der Waals surface area contributed by atoms with Gasteiger partial charge in [-0.25, -0.2) is 21.9 Å². The predicted molar refractivity (Wildman–Crippen MR) is 67.2 cm³/mol. The lowest BCUT2D eigenvalue weighted by Gasteiger charge is -2.16. The molecule has 19 heavy (non-hydrogen) atoms. The van der Waals surface area contributed by atoms with Crippen molar-refractivity contribution in [2.45, 2.75) is 37.6 Å². The van der Waals surface area contributed by atoms with Crippen molar-refractivity contribution in [3.63, 3.8) is 0 Å². The summed E-state index contributed by atoms with van der Waals surface area (Å²) < 4.78 is 53.2. The minimum Gasteiger partial charge on any atom is -0.396 e. The summed E-state index contributed by atoms with van der Waals surface area (Å²) in [7, 11) is -4.14. The fraction of sp³-hybridized carbons (Fsp3) is 0.500. The molecule has 1 atom stereocenters. The first-order chi connectivity index (χ1) is 8.81. The standard InChI is InChI=1S/C12H17F2NO3S/c1-3-9(4-5-16)15-19(17,18)12-7-10(13)8(2)6-11(12)14/h6-7,9,15-16H,3-5H2,1-2H3. The molecule has 0 aliphatic heterocycles. The van der Waals surface area contributed by atoms with Crippen LogP contribution in [-0.2, 0) is 10.0 Å². The Labute approximate surface area is 111 Å². The van der Waals surface area contributed by atoms with E-state index in [1.54, 1.807) is 6.92 Å². The summed E-state index contributed by atoms with van der Waals surface area (Å²) in [5, 5.41) is 8.80. The highest BCUT2D eigenvalue weighted by Gasteiger charge is 2.23. The molecule has 0 aromatic heterocycles. The minimum atomic E-state index is -4.14. The van der Waals surface area contributed by atoms with E-state index in [0.29, 0.717) is 12.5 Å². The molecule has 0 spiro atoms. The first kappa shape index (κ1) is 16.0. The number of rotatable bonds is 6. The van der Waals surface area contributed by atoms with Crippen LogP contribution in [0.25, 0.3) is 0 Å². The number of nitrogens with one attached hydrogen (secondary N) is 1. The molecule has 0 heterocycles. The summed E-state index contributed by atoms with van der Waals surface area (Å²) in [4.78, 5) is -0.716. The van der Waals surface area contributed by atoms with E-state index in [1.165, 1.54) is 6.92 Å². The monoisotopic (exact) mass is 293 g/mol. The number of aliphatic hydroxyl groups is 1. The van der Waals surface area contributed by atoms with Crippen LogP contribution in [0.5, 0.6) is 0 Å². The van der Waals surface area contributed by atoms with Crippen LogP contribution in [0.1, 0.15) is 25.3 Å². The fourth-order valence-corrected chi connectivity index (χ4v) is 3.04. The smallest absolute Gasteiger partial charge is 0.243 e. The number of aryl methyl sites for hydroxylation is 1. The van der Waals surface area contributed by atoms with Gasteiger partial charge in [0, 0.05) is 12.6 Å². The molecule has 2 N–H and O–H groups in total. The van der Waals surface area contributed by atoms with E-state index in [2.05, 4.69) is 4.72 Å². The average Bonchev–Trinajstić information content (AvgIpc) is 2.32. The van der Waals surface area contributed by atoms with E-state index in [0.717, 1.165) is 6.07 Å². The Bertz CT molecular complexity index is 546. The molecule has 0 radical (unpaired) electrons. The van der Waals surface area contributed by atoms with E-state index in [-0.39, 0.29) is 18.6 Å². The second-order valence-corrected chi connectivity index (χ2v) is 5.95. The Morgan fingerprint density at radius 3 is 2.47 bits per heavy atom. The molecule has 0 aliphatic carbocycles. The molecule has 4 nitrogen and oxygen atoms in total. The predicted octanol–water partition coefficient (Wildman–Crippen LogP) is 1.71. The molecular formula is C12H17F2NO3S. The van der Waals surface area contributed by atoms with E-state index in [9.17, 15) is 17.2 Å². The van der Waals surface area contributed by atoms with Gasteiger partial charge in [0.15, 0.2) is 0 Å². The van der Waals surface area contributed by atoms with E-state index >= 15 is 0 Å². The van der Waals surface area contributed by atoms with Crippen LogP contribution in [0.2, 0.25) is 0 Å². The molecule has 0 amide bonds. The Morgan fingerprint density at radius 2 is 1.95 bits per heavy atom. The Kier molecular flexibility index (Phi) is 5.39. The Hall–Kier alpha value is -1.05. The summed E-state index contributed by atoms with van der Waals surface area (Å²) >= 11 is 0. The third-order valence-electron chi connectivity index (χ3n) is 2.79. The first-order valence-corrected chi connectivity index (χ1v) is 7.39. The van der Waals surface area contributed by atoms with Gasteiger partial charge in [0.05, 0.1) is 0 Å². The molecule has 0 aliphatic rings. The van der Waals surface area contributed by atoms with Gasteiger partial charge in [-0.1, -0.05) is 6.92 Å². The van der Waals surface area contributed by atoms with E-state index < -0.39 is 32.6 Å². The van der Waals surface area contributed by atoms with Crippen molar-refractivity contribution in [3.05, 3.63) is 29.3 Å². The van der Waals surface area contributed by atoms with Crippen molar-refractivity contribution in [1.29, 1.82) is 0 Å². The second kappa shape index (κ2) is 6.40. The number of sulfonamides is 1. The van der Waals surface area contributed by atoms with Gasteiger partial charge in [-0.2, -0.15) is 0 Å². The van der Waals surface area contributed by atoms with E-state index in [4.69, 9.17) is 5.11 Å². The molecule has 1 unspecified atom stereocenters. The lowest BCUT2D eigenvalue weighted by molar-refractivity contribution is 0.270. The maximum absolute atomic E-state index is 13.6. The highest BCUT2D eigenvalue weighted by atomic mass is 32.2. The molecule has 0 saturated heterocycles. The molecular weight excluding hydrogens is 276 g/mol. The molecule has 1 aromatic carbocycles. The van der Waals surface area contributed by atoms with Gasteiger partial charge in [0.1, 0.15) is 16.5 Å². The van der Waals surface area contributed by atoms with Crippen LogP contribution in [0.15, 0.2) is 17.0 Å². The molecule has 1 aromatic rings. The Balaban J connectivity index is 3.10. The van der Waals surface area contributed by atoms with Crippen molar-refractivity contribution in [1.82, 2.24) is 4.72 Å². The van der Waals surface area contributed by atoms with Crippen molar-refractivity contribution >= 4 is 10.0 Å². The molecule has 1 rings (SSSR count). The molecule has 0 fully saturated rings. The third-order valence-corrected chi connectivity index (χ3v) is 4.33. The summed E-state index contributed by atoms with van der Waals surface area (Å²) in [6.07, 6.45) is 0.654. The Morgan fingerprint density at radius 1 is 1.32 bits per heavy atom. The van der Waals surface area contributed by atoms with Gasteiger partial charge >= 0.3 is 0 Å². The van der Waals surface area contributed by atoms with Gasteiger partial charge in [0.25, 0.3) is 0 Å². The average molecular weight is 293 g/mol. The zero-order chi connectivity index (χ0) is 14.6. The number of hydrogen-bond acceptors (Lipinski definition) is 3. The summed E-state index contributed by atoms with van der Waals surface area (Å²) in [5.74, 6) is -1.78.